The molecule has 2 N–H and O–H groups in total. The third-order valence-electron chi connectivity index (χ3n) is 29.2. The maximum atomic E-state index is 12.8. The van der Waals surface area contributed by atoms with Crippen molar-refractivity contribution in [3.63, 3.8) is 0 Å². The van der Waals surface area contributed by atoms with Gasteiger partial charge in [0.1, 0.15) is 23.1 Å². The Hall–Kier alpha value is -13.7. The van der Waals surface area contributed by atoms with Gasteiger partial charge in [-0.1, -0.05) is 435 Å². The number of para-hydroxylation sites is 2. The van der Waals surface area contributed by atoms with Crippen LogP contribution in [0.3, 0.4) is 0 Å². The summed E-state index contributed by atoms with van der Waals surface area (Å²) in [5, 5.41) is 29.9. The summed E-state index contributed by atoms with van der Waals surface area (Å²) in [6, 6.07) is 115. The molecule has 0 radical (unpaired) electrons. The molecule has 0 spiro atoms. The number of hydrogen-bond acceptors (Lipinski definition) is 6. The van der Waals surface area contributed by atoms with E-state index in [0.29, 0.717) is 22.8 Å². The fourth-order valence-electron chi connectivity index (χ4n) is 21.8. The van der Waals surface area contributed by atoms with Gasteiger partial charge >= 0.3 is 0 Å². The van der Waals surface area contributed by atoms with E-state index < -0.39 is 0 Å². The second-order valence-electron chi connectivity index (χ2n) is 46.7. The predicted octanol–water partition coefficient (Wildman–Crippen LogP) is 36.7. The first-order valence-corrected chi connectivity index (χ1v) is 51.2. The second kappa shape index (κ2) is 40.1. The smallest absolute Gasteiger partial charge is 0.148 e. The van der Waals surface area contributed by atoms with Gasteiger partial charge in [-0.15, -0.1) is 47.5 Å². The summed E-state index contributed by atoms with van der Waals surface area (Å²) in [5.41, 5.74) is 44.1. The molecule has 0 unspecified atom stereocenters. The minimum Gasteiger partial charge on any atom is -0.507 e. The number of phenols is 2. The van der Waals surface area contributed by atoms with Crippen LogP contribution in [0.15, 0.2) is 310 Å². The van der Waals surface area contributed by atoms with Crippen molar-refractivity contribution >= 4 is 43.6 Å². The van der Waals surface area contributed by atoms with Gasteiger partial charge in [-0.2, -0.15) is 0 Å². The summed E-state index contributed by atoms with van der Waals surface area (Å²) in [5.74, 6) is 1.82. The first-order chi connectivity index (χ1) is 68.7. The monoisotopic (exact) mass is 2280 g/mol. The minimum absolute atomic E-state index is 0. The van der Waals surface area contributed by atoms with Crippen LogP contribution >= 0.6 is 0 Å². The van der Waals surface area contributed by atoms with E-state index >= 15 is 0 Å². The first kappa shape index (κ1) is 105. The fraction of sp³-hybridized carbons (Fsp3) is 0.241. The van der Waals surface area contributed by atoms with Crippen molar-refractivity contribution in [2.75, 3.05) is 0 Å². The van der Waals surface area contributed by atoms with Crippen molar-refractivity contribution in [3.05, 3.63) is 405 Å². The molecule has 10 heteroatoms. The minimum atomic E-state index is -0.354. The van der Waals surface area contributed by atoms with Crippen LogP contribution in [0.5, 0.6) is 11.5 Å². The number of rotatable bonds is 14. The van der Waals surface area contributed by atoms with Crippen LogP contribution in [0.25, 0.3) is 189 Å². The van der Waals surface area contributed by atoms with E-state index in [1.807, 2.05) is 12.4 Å². The van der Waals surface area contributed by atoms with Crippen molar-refractivity contribution < 1.29 is 52.3 Å². The zero-order valence-electron chi connectivity index (χ0n) is 90.2. The van der Waals surface area contributed by atoms with E-state index in [0.717, 1.165) is 167 Å². The van der Waals surface area contributed by atoms with Crippen LogP contribution in [-0.2, 0) is 74.6 Å². The standard InChI is InChI=1S/C71H72N3O.C66H62N3O.2Pt/c1-43-32-44(2)63(45(3)33-43)52-35-50(34-51(36-52)61-31-29-48(42-72-61)49-37-53(68(4,5)6)39-54(38-49)69(7,8)9)56-26-21-27-62-64(56)73-67(59-40-55(70(10,11)12)41-60(66(59)75)71(13,14)15)74(62)65-57-25-20-19-24-47(57)28-30-58(65)46-22-17-16-18-23-46;1-39-31-41(3)59(42(4)32-39)48-27-30-57(67-38-48)47-26-29-52(60-43(5)33-40(2)34-44(60)6)54(35-47)53-23-18-24-58-61(53)68-64(55-36-49(65(7,8)9)37-56(63(55)70)66(10,11)12)69(58)62-50-22-17-16-21-46(50)25-28-51(62)45-19-14-13-15-20-45;;/h16-33,35-42,75H,1-15H3;13-34,36-38,70H,1-12H3;;/q2*-1;;. The number of nitrogens with zero attached hydrogens (tertiary/aromatic N) is 6. The van der Waals surface area contributed by atoms with Gasteiger partial charge in [-0.25, -0.2) is 9.97 Å². The summed E-state index contributed by atoms with van der Waals surface area (Å²) in [6.07, 6.45) is 4.03. The van der Waals surface area contributed by atoms with Crippen molar-refractivity contribution in [3.8, 4) is 157 Å². The number of hydrogen-bond donors (Lipinski definition) is 2. The molecule has 0 amide bonds. The number of imidazole rings is 2. The third kappa shape index (κ3) is 20.4. The molecule has 8 nitrogen and oxygen atoms in total. The Kier molecular flexibility index (Phi) is 28.6. The van der Waals surface area contributed by atoms with E-state index in [-0.39, 0.29) is 86.1 Å². The summed E-state index contributed by atoms with van der Waals surface area (Å²) in [7, 11) is 0. The van der Waals surface area contributed by atoms with E-state index in [1.54, 1.807) is 0 Å². The summed E-state index contributed by atoms with van der Waals surface area (Å²) in [6.45, 7) is 59.8. The van der Waals surface area contributed by atoms with Gasteiger partial charge in [0.15, 0.2) is 0 Å². The van der Waals surface area contributed by atoms with Gasteiger partial charge in [0.05, 0.1) is 44.6 Å². The van der Waals surface area contributed by atoms with Crippen LogP contribution < -0.4 is 0 Å². The Labute approximate surface area is 899 Å². The zero-order chi connectivity index (χ0) is 103. The van der Waals surface area contributed by atoms with Crippen molar-refractivity contribution in [1.29, 1.82) is 0 Å². The molecule has 4 aromatic heterocycles. The van der Waals surface area contributed by atoms with Gasteiger partial charge in [0, 0.05) is 98.9 Å². The van der Waals surface area contributed by atoms with Crippen LogP contribution in [0.1, 0.15) is 208 Å². The van der Waals surface area contributed by atoms with E-state index in [4.69, 9.17) is 19.9 Å². The quantitative estimate of drug-likeness (QED) is 0.105. The largest absolute Gasteiger partial charge is 0.507 e. The normalized spacial score (nSPS) is 12.1. The predicted molar refractivity (Wildman–Crippen MR) is 614 cm³/mol. The van der Waals surface area contributed by atoms with E-state index in [1.165, 1.54) is 83.5 Å². The molecule has 0 saturated carbocycles. The molecule has 0 atom stereocenters. The molecule has 0 aliphatic carbocycles. The molecule has 0 fully saturated rings. The second-order valence-corrected chi connectivity index (χ2v) is 46.7. The molecule has 746 valence electrons. The molecule has 4 heterocycles. The average Bonchev–Trinajstić information content (AvgIpc) is 1.58. The SMILES string of the molecule is Cc1cc(C)c(-c2cc(-c3ccc(-c4cc(C(C)(C)C)cc(C(C)(C)C)c4)cn3)[c-]c(-c3cccc4c3nc(-c3cc(C(C)(C)C)cc(C(C)(C)C)c3O)n4-c3c(-c4ccccc4)ccc4ccccc34)c2)c(C)c1.Cc1cc(C)c(-c2ccc(-c3[c-]c(-c4cccc5c4nc(-c4cc(C(C)(C)C)cc(C(C)(C)C)c4O)n5-c4c(-c5ccccc5)ccc5ccccc45)c(-c4c(C)cc(C)cc4C)cc3)nc2)c(C)c1.[Pt].[Pt]. The van der Waals surface area contributed by atoms with E-state index in [9.17, 15) is 10.2 Å². The molecule has 0 aliphatic heterocycles. The topological polar surface area (TPSA) is 102 Å². The number of aryl methyl sites for hydroxylation is 9. The van der Waals surface area contributed by atoms with Crippen LogP contribution in [0.2, 0.25) is 0 Å². The Morgan fingerprint density at radius 2 is 0.633 bits per heavy atom. The number of aromatic nitrogens is 6. The van der Waals surface area contributed by atoms with Crippen molar-refractivity contribution in [2.24, 2.45) is 0 Å². The molecule has 20 aromatic rings. The molecule has 0 saturated heterocycles. The molecular weight excluding hydrogens is 2150 g/mol. The Morgan fingerprint density at radius 1 is 0.259 bits per heavy atom. The molecular formula is C137H134N6O2Pt2-2. The van der Waals surface area contributed by atoms with Crippen molar-refractivity contribution in [1.82, 2.24) is 29.1 Å². The summed E-state index contributed by atoms with van der Waals surface area (Å²) in [4.78, 5) is 22.0. The number of pyridine rings is 2. The number of benzene rings is 16. The van der Waals surface area contributed by atoms with Gasteiger partial charge < -0.3 is 10.2 Å². The Bertz CT molecular complexity index is 8400. The van der Waals surface area contributed by atoms with Crippen LogP contribution in [0.4, 0.5) is 0 Å². The third-order valence-corrected chi connectivity index (χ3v) is 29.2. The number of aromatic hydroxyl groups is 2. The summed E-state index contributed by atoms with van der Waals surface area (Å²) >= 11 is 0. The molecule has 20 rings (SSSR count). The van der Waals surface area contributed by atoms with Gasteiger partial charge in [0.25, 0.3) is 0 Å². The Morgan fingerprint density at radius 3 is 1.05 bits per heavy atom. The Balaban J connectivity index is 0.000000199. The van der Waals surface area contributed by atoms with Gasteiger partial charge in [-0.3, -0.25) is 19.1 Å². The van der Waals surface area contributed by atoms with E-state index in [2.05, 4.69) is 505 Å². The maximum Gasteiger partial charge on any atom is 0.148 e. The van der Waals surface area contributed by atoms with Gasteiger partial charge in [-0.05, 0) is 219 Å². The summed E-state index contributed by atoms with van der Waals surface area (Å²) < 4.78 is 4.63. The fourth-order valence-corrected chi connectivity index (χ4v) is 21.8. The van der Waals surface area contributed by atoms with Crippen LogP contribution in [0, 0.1) is 74.4 Å². The van der Waals surface area contributed by atoms with Crippen LogP contribution in [-0.4, -0.2) is 39.3 Å². The molecule has 0 aliphatic rings. The van der Waals surface area contributed by atoms with Gasteiger partial charge in [0.2, 0.25) is 0 Å². The van der Waals surface area contributed by atoms with Crippen molar-refractivity contribution in [2.45, 2.75) is 219 Å². The molecule has 147 heavy (non-hydrogen) atoms. The molecule has 16 aromatic carbocycles. The average molecular weight is 2290 g/mol. The number of fused-ring (bicyclic) bond motifs is 4. The molecule has 0 bridgehead atoms. The zero-order valence-corrected chi connectivity index (χ0v) is 94.7. The first-order valence-electron chi connectivity index (χ1n) is 51.2. The maximum absolute atomic E-state index is 12.8. The number of phenolic OH excluding ortho intramolecular Hbond substituents is 2.